The second kappa shape index (κ2) is 7.72. The quantitative estimate of drug-likeness (QED) is 0.847. The molecule has 1 aliphatic carbocycles. The van der Waals surface area contributed by atoms with Gasteiger partial charge in [-0.05, 0) is 38.3 Å². The van der Waals surface area contributed by atoms with Crippen LogP contribution in [0.3, 0.4) is 0 Å². The minimum atomic E-state index is -0.271. The Morgan fingerprint density at radius 1 is 1.27 bits per heavy atom. The zero-order valence-corrected chi connectivity index (χ0v) is 15.3. The van der Waals surface area contributed by atoms with Crippen LogP contribution in [0.5, 0.6) is 0 Å². The molecule has 0 bridgehead atoms. The molecule has 6 heteroatoms. The molecule has 2 atom stereocenters. The molecule has 1 aromatic rings. The Bertz CT molecular complexity index is 744. The Morgan fingerprint density at radius 3 is 2.77 bits per heavy atom. The van der Waals surface area contributed by atoms with Gasteiger partial charge in [-0.2, -0.15) is 0 Å². The van der Waals surface area contributed by atoms with Crippen molar-refractivity contribution in [3.63, 3.8) is 0 Å². The maximum absolute atomic E-state index is 13.0. The predicted octanol–water partition coefficient (Wildman–Crippen LogP) is 2.57. The molecule has 138 valence electrons. The van der Waals surface area contributed by atoms with Crippen LogP contribution in [-0.4, -0.2) is 42.3 Å². The number of nitrogens with zero attached hydrogens (tertiary/aromatic N) is 2. The van der Waals surface area contributed by atoms with E-state index in [1.165, 1.54) is 4.90 Å². The first kappa shape index (κ1) is 18.2. The minimum absolute atomic E-state index is 0.00587. The third-order valence-electron chi connectivity index (χ3n) is 4.99. The molecule has 3 amide bonds. The number of rotatable bonds is 3. The number of anilines is 2. The molecule has 1 aromatic carbocycles. The second-order valence-electron chi connectivity index (χ2n) is 7.06. The van der Waals surface area contributed by atoms with Gasteiger partial charge < -0.3 is 15.1 Å². The molecule has 1 heterocycles. The summed E-state index contributed by atoms with van der Waals surface area (Å²) in [6, 6.07) is 7.00. The smallest absolute Gasteiger partial charge is 0.246 e. The van der Waals surface area contributed by atoms with Gasteiger partial charge in [-0.1, -0.05) is 24.3 Å². The van der Waals surface area contributed by atoms with Gasteiger partial charge in [0.1, 0.15) is 0 Å². The number of benzene rings is 1. The normalized spacial score (nSPS) is 22.2. The Hall–Kier alpha value is -2.63. The van der Waals surface area contributed by atoms with Crippen molar-refractivity contribution in [1.29, 1.82) is 0 Å². The van der Waals surface area contributed by atoms with Crippen LogP contribution in [-0.2, 0) is 14.4 Å². The molecule has 0 radical (unpaired) electrons. The first-order valence-corrected chi connectivity index (χ1v) is 9.08. The molecule has 0 fully saturated rings. The summed E-state index contributed by atoms with van der Waals surface area (Å²) < 4.78 is 0. The van der Waals surface area contributed by atoms with E-state index in [0.717, 1.165) is 19.3 Å². The van der Waals surface area contributed by atoms with Gasteiger partial charge in [-0.15, -0.1) is 0 Å². The van der Waals surface area contributed by atoms with Crippen molar-refractivity contribution in [2.45, 2.75) is 38.6 Å². The molecule has 2 aliphatic rings. The van der Waals surface area contributed by atoms with Crippen molar-refractivity contribution in [1.82, 2.24) is 4.90 Å². The summed E-state index contributed by atoms with van der Waals surface area (Å²) in [6.45, 7) is 1.86. The zero-order valence-electron chi connectivity index (χ0n) is 15.3. The molecule has 2 unspecified atom stereocenters. The number of likely N-dealkylation sites (N-methyl/N-ethyl adjacent to an activating group) is 1. The standard InChI is InChI=1S/C20H25N3O3/c1-14-12-18(24)21-16-10-6-7-11-17(16)23(14)19(25)13-22(2)20(26)15-8-4-3-5-9-15/h3-4,6-7,10-11,14-15H,5,8-9,12-13H2,1-2H3,(H,21,24). The fourth-order valence-electron chi connectivity index (χ4n) is 3.65. The van der Waals surface area contributed by atoms with Crippen LogP contribution in [0, 0.1) is 5.92 Å². The average Bonchev–Trinajstić information content (AvgIpc) is 2.75. The molecular weight excluding hydrogens is 330 g/mol. The van der Waals surface area contributed by atoms with Crippen LogP contribution in [0.1, 0.15) is 32.6 Å². The number of amides is 3. The van der Waals surface area contributed by atoms with Gasteiger partial charge in [0.15, 0.2) is 0 Å². The SMILES string of the molecule is CC1CC(=O)Nc2ccccc2N1C(=O)CN(C)C(=O)C1CC=CCC1. The van der Waals surface area contributed by atoms with Gasteiger partial charge >= 0.3 is 0 Å². The van der Waals surface area contributed by atoms with Crippen LogP contribution in [0.4, 0.5) is 11.4 Å². The van der Waals surface area contributed by atoms with Crippen molar-refractivity contribution in [3.8, 4) is 0 Å². The van der Waals surface area contributed by atoms with E-state index in [-0.39, 0.29) is 42.6 Å². The number of nitrogens with one attached hydrogen (secondary N) is 1. The van der Waals surface area contributed by atoms with Gasteiger partial charge in [0.25, 0.3) is 0 Å². The molecule has 0 spiro atoms. The van der Waals surface area contributed by atoms with Crippen LogP contribution in [0.25, 0.3) is 0 Å². The number of carbonyl (C=O) groups is 3. The Balaban J connectivity index is 1.76. The highest BCUT2D eigenvalue weighted by molar-refractivity contribution is 6.05. The van der Waals surface area contributed by atoms with Crippen molar-refractivity contribution in [2.24, 2.45) is 5.92 Å². The molecule has 1 N–H and O–H groups in total. The number of hydrogen-bond donors (Lipinski definition) is 1. The van der Waals surface area contributed by atoms with E-state index >= 15 is 0 Å². The lowest BCUT2D eigenvalue weighted by Crippen LogP contribution is -2.46. The number of hydrogen-bond acceptors (Lipinski definition) is 3. The zero-order chi connectivity index (χ0) is 18.7. The molecule has 26 heavy (non-hydrogen) atoms. The predicted molar refractivity (Wildman–Crippen MR) is 101 cm³/mol. The van der Waals surface area contributed by atoms with E-state index in [0.29, 0.717) is 11.4 Å². The molecule has 0 saturated carbocycles. The second-order valence-corrected chi connectivity index (χ2v) is 7.06. The van der Waals surface area contributed by atoms with Crippen molar-refractivity contribution in [2.75, 3.05) is 23.8 Å². The van der Waals surface area contributed by atoms with Crippen LogP contribution in [0.2, 0.25) is 0 Å². The lowest BCUT2D eigenvalue weighted by Gasteiger charge is -2.31. The average molecular weight is 355 g/mol. The number of para-hydroxylation sites is 2. The molecule has 0 aromatic heterocycles. The topological polar surface area (TPSA) is 69.7 Å². The van der Waals surface area contributed by atoms with Crippen LogP contribution < -0.4 is 10.2 Å². The summed E-state index contributed by atoms with van der Waals surface area (Å²) >= 11 is 0. The highest BCUT2D eigenvalue weighted by atomic mass is 16.2. The van der Waals surface area contributed by atoms with Crippen LogP contribution in [0.15, 0.2) is 36.4 Å². The van der Waals surface area contributed by atoms with Gasteiger partial charge in [0, 0.05) is 25.4 Å². The monoisotopic (exact) mass is 355 g/mol. The van der Waals surface area contributed by atoms with Crippen molar-refractivity contribution >= 4 is 29.1 Å². The van der Waals surface area contributed by atoms with E-state index < -0.39 is 0 Å². The highest BCUT2D eigenvalue weighted by Gasteiger charge is 2.31. The first-order valence-electron chi connectivity index (χ1n) is 9.08. The molecule has 3 rings (SSSR count). The lowest BCUT2D eigenvalue weighted by molar-refractivity contribution is -0.137. The summed E-state index contributed by atoms with van der Waals surface area (Å²) in [7, 11) is 1.68. The van der Waals surface area contributed by atoms with Gasteiger partial charge in [0.05, 0.1) is 17.9 Å². The van der Waals surface area contributed by atoms with Crippen molar-refractivity contribution < 1.29 is 14.4 Å². The Morgan fingerprint density at radius 2 is 2.04 bits per heavy atom. The van der Waals surface area contributed by atoms with Crippen molar-refractivity contribution in [3.05, 3.63) is 36.4 Å². The lowest BCUT2D eigenvalue weighted by atomic mass is 9.93. The maximum atomic E-state index is 13.0. The number of allylic oxidation sites excluding steroid dienone is 2. The van der Waals surface area contributed by atoms with Gasteiger partial charge in [-0.25, -0.2) is 0 Å². The van der Waals surface area contributed by atoms with Gasteiger partial charge in [-0.3, -0.25) is 14.4 Å². The third kappa shape index (κ3) is 3.79. The molecule has 6 nitrogen and oxygen atoms in total. The molecule has 1 aliphatic heterocycles. The van der Waals surface area contributed by atoms with E-state index in [1.54, 1.807) is 18.0 Å². The number of carbonyl (C=O) groups excluding carboxylic acids is 3. The highest BCUT2D eigenvalue weighted by Crippen LogP contribution is 2.31. The summed E-state index contributed by atoms with van der Waals surface area (Å²) in [5.41, 5.74) is 1.30. The maximum Gasteiger partial charge on any atom is 0.246 e. The largest absolute Gasteiger partial charge is 0.336 e. The number of fused-ring (bicyclic) bond motifs is 1. The fraction of sp³-hybridized carbons (Fsp3) is 0.450. The first-order chi connectivity index (χ1) is 12.5. The van der Waals surface area contributed by atoms with E-state index in [4.69, 9.17) is 0 Å². The van der Waals surface area contributed by atoms with E-state index in [1.807, 2.05) is 31.2 Å². The molecular formula is C20H25N3O3. The minimum Gasteiger partial charge on any atom is -0.336 e. The fourth-order valence-corrected chi connectivity index (χ4v) is 3.65. The molecule has 0 saturated heterocycles. The summed E-state index contributed by atoms with van der Waals surface area (Å²) in [6.07, 6.45) is 6.82. The summed E-state index contributed by atoms with van der Waals surface area (Å²) in [5, 5.41) is 2.84. The van der Waals surface area contributed by atoms with E-state index in [2.05, 4.69) is 11.4 Å². The third-order valence-corrected chi connectivity index (χ3v) is 4.99. The van der Waals surface area contributed by atoms with Gasteiger partial charge in [0.2, 0.25) is 17.7 Å². The summed E-state index contributed by atoms with van der Waals surface area (Å²) in [5.74, 6) is -0.329. The van der Waals surface area contributed by atoms with E-state index in [9.17, 15) is 14.4 Å². The Labute approximate surface area is 153 Å². The Kier molecular flexibility index (Phi) is 5.40. The summed E-state index contributed by atoms with van der Waals surface area (Å²) in [4.78, 5) is 40.8. The van der Waals surface area contributed by atoms with Crippen LogP contribution >= 0.6 is 0 Å².